The summed E-state index contributed by atoms with van der Waals surface area (Å²) in [7, 11) is 0. The number of ether oxygens (including phenoxy) is 3. The van der Waals surface area contributed by atoms with Gasteiger partial charge in [-0.2, -0.15) is 0 Å². The van der Waals surface area contributed by atoms with Crippen LogP contribution >= 0.6 is 0 Å². The average molecular weight is 851 g/mol. The summed E-state index contributed by atoms with van der Waals surface area (Å²) in [6, 6.07) is 0. The second kappa shape index (κ2) is 49.5. The molecule has 0 rings (SSSR count). The molecule has 0 aliphatic carbocycles. The monoisotopic (exact) mass is 851 g/mol. The van der Waals surface area contributed by atoms with Crippen LogP contribution in [0.3, 0.4) is 0 Å². The molecule has 0 saturated carbocycles. The van der Waals surface area contributed by atoms with Crippen LogP contribution in [0.25, 0.3) is 0 Å². The maximum Gasteiger partial charge on any atom is 0.306 e. The largest absolute Gasteiger partial charge is 0.462 e. The fourth-order valence-electron chi connectivity index (χ4n) is 6.86. The second-order valence-electron chi connectivity index (χ2n) is 16.7. The Balaban J connectivity index is 4.46. The van der Waals surface area contributed by atoms with E-state index in [1.54, 1.807) is 0 Å². The number of hydrogen-bond acceptors (Lipinski definition) is 6. The molecule has 0 bridgehead atoms. The molecular weight excluding hydrogens is 757 g/mol. The molecule has 0 aromatic carbocycles. The molecule has 0 saturated heterocycles. The minimum Gasteiger partial charge on any atom is -0.462 e. The van der Waals surface area contributed by atoms with Crippen molar-refractivity contribution in [3.63, 3.8) is 0 Å². The molecule has 1 atom stereocenters. The molecule has 0 spiro atoms. The van der Waals surface area contributed by atoms with Gasteiger partial charge >= 0.3 is 17.9 Å². The maximum atomic E-state index is 12.7. The van der Waals surface area contributed by atoms with Gasteiger partial charge in [0, 0.05) is 19.3 Å². The Hall–Kier alpha value is -3.15. The molecule has 0 aliphatic rings. The number of hydrogen-bond donors (Lipinski definition) is 0. The Morgan fingerprint density at radius 2 is 0.672 bits per heavy atom. The van der Waals surface area contributed by atoms with Crippen molar-refractivity contribution in [3.8, 4) is 0 Å². The fourth-order valence-corrected chi connectivity index (χ4v) is 6.86. The van der Waals surface area contributed by atoms with Crippen molar-refractivity contribution in [3.05, 3.63) is 72.9 Å². The van der Waals surface area contributed by atoms with Gasteiger partial charge in [-0.25, -0.2) is 0 Å². The molecule has 0 aliphatic heterocycles. The molecule has 61 heavy (non-hydrogen) atoms. The first-order valence-electron chi connectivity index (χ1n) is 25.4. The molecule has 6 nitrogen and oxygen atoms in total. The standard InChI is InChI=1S/C55H94O6/c1-4-7-10-13-16-19-22-25-26-27-28-31-33-36-39-42-45-48-54(57)60-51-52(61-55(58)49-46-43-40-37-34-30-24-21-18-15-12-9-6-3)50-59-53(56)47-44-41-38-35-32-29-23-20-17-14-11-8-5-2/h9,12,18,20-21,23,25-26,30,34,40,43,52H,4-8,10-11,13-17,19,22,24,27-29,31-33,35-39,41-42,44-51H2,1-3H3/b12-9-,21-18-,23-20-,26-25-,34-30-,43-40-. The molecular formula is C55H94O6. The quantitative estimate of drug-likeness (QED) is 0.0263. The van der Waals surface area contributed by atoms with Crippen molar-refractivity contribution in [2.24, 2.45) is 0 Å². The smallest absolute Gasteiger partial charge is 0.306 e. The number of unbranched alkanes of at least 4 members (excludes halogenated alkanes) is 22. The van der Waals surface area contributed by atoms with Crippen LogP contribution in [0.5, 0.6) is 0 Å². The van der Waals surface area contributed by atoms with Crippen LogP contribution in [0, 0.1) is 0 Å². The number of rotatable bonds is 45. The molecule has 0 fully saturated rings. The van der Waals surface area contributed by atoms with E-state index < -0.39 is 12.1 Å². The average Bonchev–Trinajstić information content (AvgIpc) is 3.26. The Morgan fingerprint density at radius 1 is 0.344 bits per heavy atom. The van der Waals surface area contributed by atoms with Gasteiger partial charge in [-0.3, -0.25) is 14.4 Å². The predicted molar refractivity (Wildman–Crippen MR) is 261 cm³/mol. The van der Waals surface area contributed by atoms with E-state index >= 15 is 0 Å². The molecule has 6 heteroatoms. The lowest BCUT2D eigenvalue weighted by molar-refractivity contribution is -0.166. The predicted octanol–water partition coefficient (Wildman–Crippen LogP) is 16.6. The lowest BCUT2D eigenvalue weighted by Crippen LogP contribution is -2.30. The molecule has 0 N–H and O–H groups in total. The SMILES string of the molecule is CC/C=C\C/C=C\C/C=C\C/C=C\CCC(=O)OC(COC(=O)CCCCCCC/C=C\CCCCCC)COC(=O)CCCCCCCCC/C=C\CCCCCCCC. The summed E-state index contributed by atoms with van der Waals surface area (Å²) in [6.45, 7) is 6.43. The van der Waals surface area contributed by atoms with Crippen molar-refractivity contribution in [1.82, 2.24) is 0 Å². The van der Waals surface area contributed by atoms with Gasteiger partial charge in [0.25, 0.3) is 0 Å². The third-order valence-corrected chi connectivity index (χ3v) is 10.7. The maximum absolute atomic E-state index is 12.7. The highest BCUT2D eigenvalue weighted by atomic mass is 16.6. The normalized spacial score (nSPS) is 12.6. The van der Waals surface area contributed by atoms with Crippen LogP contribution in [-0.2, 0) is 28.6 Å². The lowest BCUT2D eigenvalue weighted by Gasteiger charge is -2.18. The highest BCUT2D eigenvalue weighted by Gasteiger charge is 2.19. The van der Waals surface area contributed by atoms with Gasteiger partial charge in [-0.15, -0.1) is 0 Å². The van der Waals surface area contributed by atoms with E-state index in [1.807, 2.05) is 12.2 Å². The first-order valence-corrected chi connectivity index (χ1v) is 25.4. The highest BCUT2D eigenvalue weighted by Crippen LogP contribution is 2.13. The minimum absolute atomic E-state index is 0.109. The van der Waals surface area contributed by atoms with Gasteiger partial charge in [-0.1, -0.05) is 196 Å². The summed E-state index contributed by atoms with van der Waals surface area (Å²) in [5.41, 5.74) is 0. The minimum atomic E-state index is -0.817. The second-order valence-corrected chi connectivity index (χ2v) is 16.7. The third-order valence-electron chi connectivity index (χ3n) is 10.7. The zero-order valence-electron chi connectivity index (χ0n) is 39.9. The molecule has 1 unspecified atom stereocenters. The Kier molecular flexibility index (Phi) is 46.9. The first kappa shape index (κ1) is 57.9. The summed E-state index contributed by atoms with van der Waals surface area (Å²) >= 11 is 0. The van der Waals surface area contributed by atoms with Crippen molar-refractivity contribution in [1.29, 1.82) is 0 Å². The van der Waals surface area contributed by atoms with Crippen LogP contribution in [-0.4, -0.2) is 37.2 Å². The molecule has 0 aromatic heterocycles. The molecule has 0 aromatic rings. The molecule has 0 radical (unpaired) electrons. The number of carbonyl (C=O) groups excluding carboxylic acids is 3. The zero-order valence-corrected chi connectivity index (χ0v) is 39.9. The van der Waals surface area contributed by atoms with E-state index in [0.29, 0.717) is 19.3 Å². The van der Waals surface area contributed by atoms with Gasteiger partial charge in [-0.05, 0) is 96.3 Å². The molecule has 0 amide bonds. The van der Waals surface area contributed by atoms with Crippen molar-refractivity contribution in [2.45, 2.75) is 245 Å². The van der Waals surface area contributed by atoms with E-state index in [9.17, 15) is 14.4 Å². The molecule has 350 valence electrons. The first-order chi connectivity index (χ1) is 30.0. The topological polar surface area (TPSA) is 78.9 Å². The summed E-state index contributed by atoms with van der Waals surface area (Å²) in [5.74, 6) is -1.00. The van der Waals surface area contributed by atoms with Crippen molar-refractivity contribution in [2.75, 3.05) is 13.2 Å². The number of allylic oxidation sites excluding steroid dienone is 12. The Labute approximate surface area is 376 Å². The van der Waals surface area contributed by atoms with E-state index in [0.717, 1.165) is 77.0 Å². The molecule has 0 heterocycles. The van der Waals surface area contributed by atoms with Crippen LogP contribution in [0.15, 0.2) is 72.9 Å². The van der Waals surface area contributed by atoms with E-state index in [1.165, 1.54) is 116 Å². The number of esters is 3. The number of carbonyl (C=O) groups is 3. The summed E-state index contributed by atoms with van der Waals surface area (Å²) in [4.78, 5) is 37.9. The van der Waals surface area contributed by atoms with Gasteiger partial charge in [0.05, 0.1) is 0 Å². The van der Waals surface area contributed by atoms with Gasteiger partial charge in [0.1, 0.15) is 13.2 Å². The van der Waals surface area contributed by atoms with Gasteiger partial charge < -0.3 is 14.2 Å². The lowest BCUT2D eigenvalue weighted by atomic mass is 10.1. The fraction of sp³-hybridized carbons (Fsp3) is 0.727. The van der Waals surface area contributed by atoms with Gasteiger partial charge in [0.2, 0.25) is 0 Å². The Bertz CT molecular complexity index is 1160. The highest BCUT2D eigenvalue weighted by molar-refractivity contribution is 5.71. The van der Waals surface area contributed by atoms with Crippen molar-refractivity contribution < 1.29 is 28.6 Å². The summed E-state index contributed by atoms with van der Waals surface area (Å²) in [5, 5.41) is 0. The van der Waals surface area contributed by atoms with E-state index in [2.05, 4.69) is 81.5 Å². The summed E-state index contributed by atoms with van der Waals surface area (Å²) < 4.78 is 16.7. The zero-order chi connectivity index (χ0) is 44.4. The van der Waals surface area contributed by atoms with Crippen LogP contribution in [0.4, 0.5) is 0 Å². The van der Waals surface area contributed by atoms with Gasteiger partial charge in [0.15, 0.2) is 6.10 Å². The Morgan fingerprint density at radius 3 is 1.08 bits per heavy atom. The van der Waals surface area contributed by atoms with Crippen LogP contribution in [0.1, 0.15) is 239 Å². The van der Waals surface area contributed by atoms with Crippen LogP contribution < -0.4 is 0 Å². The van der Waals surface area contributed by atoms with E-state index in [4.69, 9.17) is 14.2 Å². The van der Waals surface area contributed by atoms with Crippen LogP contribution in [0.2, 0.25) is 0 Å². The third kappa shape index (κ3) is 47.7. The summed E-state index contributed by atoms with van der Waals surface area (Å²) in [6.07, 6.45) is 61.8. The van der Waals surface area contributed by atoms with E-state index in [-0.39, 0.29) is 31.6 Å². The van der Waals surface area contributed by atoms with Crippen molar-refractivity contribution >= 4 is 17.9 Å².